The number of nitriles is 1. The maximum Gasteiger partial charge on any atom is 0.118 e. The van der Waals surface area contributed by atoms with Crippen molar-refractivity contribution in [2.75, 3.05) is 20.2 Å². The van der Waals surface area contributed by atoms with Gasteiger partial charge in [0, 0.05) is 19.0 Å². The summed E-state index contributed by atoms with van der Waals surface area (Å²) in [5, 5.41) is 12.2. The molecule has 1 heterocycles. The van der Waals surface area contributed by atoms with Crippen molar-refractivity contribution in [1.29, 1.82) is 5.26 Å². The van der Waals surface area contributed by atoms with Crippen molar-refractivity contribution in [3.8, 4) is 11.8 Å². The molecule has 0 spiro atoms. The summed E-state index contributed by atoms with van der Waals surface area (Å²) in [6, 6.07) is 10.3. The normalized spacial score (nSPS) is 24.8. The van der Waals surface area contributed by atoms with Crippen molar-refractivity contribution in [2.45, 2.75) is 5.92 Å². The monoisotopic (exact) mass is 202 g/mol. The second kappa shape index (κ2) is 4.33. The van der Waals surface area contributed by atoms with Gasteiger partial charge < -0.3 is 10.1 Å². The van der Waals surface area contributed by atoms with Crippen LogP contribution in [-0.4, -0.2) is 20.2 Å². The Morgan fingerprint density at radius 2 is 2.07 bits per heavy atom. The molecule has 2 atom stereocenters. The largest absolute Gasteiger partial charge is 0.497 e. The van der Waals surface area contributed by atoms with Gasteiger partial charge in [0.15, 0.2) is 0 Å². The third-order valence-electron chi connectivity index (χ3n) is 2.92. The average molecular weight is 202 g/mol. The smallest absolute Gasteiger partial charge is 0.118 e. The minimum atomic E-state index is 0.0957. The van der Waals surface area contributed by atoms with Gasteiger partial charge in [-0.15, -0.1) is 0 Å². The molecular formula is C12H14N2O. The number of hydrogen-bond donors (Lipinski definition) is 1. The molecule has 1 aromatic carbocycles. The number of ether oxygens (including phenoxy) is 1. The molecule has 0 aromatic heterocycles. The van der Waals surface area contributed by atoms with E-state index in [2.05, 4.69) is 11.4 Å². The molecule has 1 aliphatic rings. The highest BCUT2D eigenvalue weighted by Gasteiger charge is 2.27. The van der Waals surface area contributed by atoms with E-state index in [1.54, 1.807) is 7.11 Å². The predicted octanol–water partition coefficient (Wildman–Crippen LogP) is 1.52. The molecule has 1 saturated heterocycles. The first kappa shape index (κ1) is 10.0. The van der Waals surface area contributed by atoms with E-state index in [1.807, 2.05) is 24.3 Å². The average Bonchev–Trinajstić information content (AvgIpc) is 2.77. The molecule has 0 aliphatic carbocycles. The van der Waals surface area contributed by atoms with Crippen LogP contribution in [0.3, 0.4) is 0 Å². The fourth-order valence-electron chi connectivity index (χ4n) is 2.02. The Balaban J connectivity index is 2.19. The van der Waals surface area contributed by atoms with Gasteiger partial charge in [0.1, 0.15) is 5.75 Å². The SMILES string of the molecule is COc1ccc([C@H]2CNC[C@@H]2C#N)cc1. The lowest BCUT2D eigenvalue weighted by atomic mass is 9.90. The Bertz CT molecular complexity index is 366. The van der Waals surface area contributed by atoms with Crippen molar-refractivity contribution in [3.63, 3.8) is 0 Å². The van der Waals surface area contributed by atoms with Gasteiger partial charge in [-0.05, 0) is 17.7 Å². The topological polar surface area (TPSA) is 45.0 Å². The van der Waals surface area contributed by atoms with Gasteiger partial charge in [-0.3, -0.25) is 0 Å². The van der Waals surface area contributed by atoms with Gasteiger partial charge in [0.2, 0.25) is 0 Å². The standard InChI is InChI=1S/C12H14N2O/c1-15-11-4-2-9(3-5-11)12-8-14-7-10(12)6-13/h2-5,10,12,14H,7-8H2,1H3/t10-,12+/m0/s1. The molecule has 1 N–H and O–H groups in total. The third-order valence-corrected chi connectivity index (χ3v) is 2.92. The molecule has 1 fully saturated rings. The lowest BCUT2D eigenvalue weighted by Gasteiger charge is -2.12. The summed E-state index contributed by atoms with van der Waals surface area (Å²) in [5.41, 5.74) is 1.22. The number of nitrogens with one attached hydrogen (secondary N) is 1. The van der Waals surface area contributed by atoms with Crippen molar-refractivity contribution in [2.24, 2.45) is 5.92 Å². The minimum absolute atomic E-state index is 0.0957. The highest BCUT2D eigenvalue weighted by atomic mass is 16.5. The highest BCUT2D eigenvalue weighted by Crippen LogP contribution is 2.28. The number of benzene rings is 1. The van der Waals surface area contributed by atoms with Crippen LogP contribution in [-0.2, 0) is 0 Å². The molecule has 78 valence electrons. The van der Waals surface area contributed by atoms with Gasteiger partial charge >= 0.3 is 0 Å². The van der Waals surface area contributed by atoms with Crippen molar-refractivity contribution >= 4 is 0 Å². The van der Waals surface area contributed by atoms with Crippen molar-refractivity contribution in [1.82, 2.24) is 5.32 Å². The van der Waals surface area contributed by atoms with Gasteiger partial charge in [-0.2, -0.15) is 5.26 Å². The Labute approximate surface area is 89.7 Å². The van der Waals surface area contributed by atoms with E-state index in [1.165, 1.54) is 5.56 Å². The summed E-state index contributed by atoms with van der Waals surface area (Å²) in [6.07, 6.45) is 0. The number of nitrogens with zero attached hydrogens (tertiary/aromatic N) is 1. The van der Waals surface area contributed by atoms with Gasteiger partial charge in [0.05, 0.1) is 19.1 Å². The molecule has 2 rings (SSSR count). The Morgan fingerprint density at radius 3 is 2.67 bits per heavy atom. The highest BCUT2D eigenvalue weighted by molar-refractivity contribution is 5.31. The molecule has 0 amide bonds. The molecule has 3 heteroatoms. The zero-order valence-corrected chi connectivity index (χ0v) is 8.73. The first-order chi connectivity index (χ1) is 7.35. The number of hydrogen-bond acceptors (Lipinski definition) is 3. The van der Waals surface area contributed by atoms with Crippen LogP contribution >= 0.6 is 0 Å². The van der Waals surface area contributed by atoms with Crippen molar-refractivity contribution < 1.29 is 4.74 Å². The molecule has 0 bridgehead atoms. The van der Waals surface area contributed by atoms with Gasteiger partial charge in [0.25, 0.3) is 0 Å². The first-order valence-corrected chi connectivity index (χ1v) is 5.09. The van der Waals surface area contributed by atoms with Gasteiger partial charge in [-0.25, -0.2) is 0 Å². The van der Waals surface area contributed by atoms with Crippen LogP contribution in [0.5, 0.6) is 5.75 Å². The second-order valence-electron chi connectivity index (χ2n) is 3.77. The third kappa shape index (κ3) is 1.95. The molecule has 0 radical (unpaired) electrons. The molecule has 0 saturated carbocycles. The van der Waals surface area contributed by atoms with E-state index in [-0.39, 0.29) is 5.92 Å². The maximum absolute atomic E-state index is 8.98. The van der Waals surface area contributed by atoms with Crippen LogP contribution < -0.4 is 10.1 Å². The molecule has 3 nitrogen and oxygen atoms in total. The molecular weight excluding hydrogens is 188 g/mol. The summed E-state index contributed by atoms with van der Waals surface area (Å²) >= 11 is 0. The summed E-state index contributed by atoms with van der Waals surface area (Å²) in [4.78, 5) is 0. The number of rotatable bonds is 2. The number of methoxy groups -OCH3 is 1. The summed E-state index contributed by atoms with van der Waals surface area (Å²) in [6.45, 7) is 1.69. The van der Waals surface area contributed by atoms with Gasteiger partial charge in [-0.1, -0.05) is 12.1 Å². The second-order valence-corrected chi connectivity index (χ2v) is 3.77. The molecule has 1 aliphatic heterocycles. The molecule has 1 aromatic rings. The Kier molecular flexibility index (Phi) is 2.89. The lowest BCUT2D eigenvalue weighted by molar-refractivity contribution is 0.414. The fraction of sp³-hybridized carbons (Fsp3) is 0.417. The Hall–Kier alpha value is -1.53. The zero-order valence-electron chi connectivity index (χ0n) is 8.73. The van der Waals surface area contributed by atoms with E-state index in [9.17, 15) is 0 Å². The zero-order chi connectivity index (χ0) is 10.7. The van der Waals surface area contributed by atoms with E-state index in [0.29, 0.717) is 5.92 Å². The van der Waals surface area contributed by atoms with Crippen LogP contribution in [0.25, 0.3) is 0 Å². The maximum atomic E-state index is 8.98. The molecule has 15 heavy (non-hydrogen) atoms. The quantitative estimate of drug-likeness (QED) is 0.790. The summed E-state index contributed by atoms with van der Waals surface area (Å²) in [5.74, 6) is 1.28. The van der Waals surface area contributed by atoms with E-state index >= 15 is 0 Å². The van der Waals surface area contributed by atoms with Crippen LogP contribution in [0, 0.1) is 17.2 Å². The van der Waals surface area contributed by atoms with Crippen LogP contribution in [0.15, 0.2) is 24.3 Å². The Morgan fingerprint density at radius 1 is 1.33 bits per heavy atom. The van der Waals surface area contributed by atoms with E-state index < -0.39 is 0 Å². The summed E-state index contributed by atoms with van der Waals surface area (Å²) in [7, 11) is 1.66. The van der Waals surface area contributed by atoms with E-state index in [0.717, 1.165) is 18.8 Å². The lowest BCUT2D eigenvalue weighted by Crippen LogP contribution is -2.08. The van der Waals surface area contributed by atoms with Crippen LogP contribution in [0.4, 0.5) is 0 Å². The van der Waals surface area contributed by atoms with E-state index in [4.69, 9.17) is 10.00 Å². The van der Waals surface area contributed by atoms with Crippen molar-refractivity contribution in [3.05, 3.63) is 29.8 Å². The predicted molar refractivity (Wildman–Crippen MR) is 57.7 cm³/mol. The summed E-state index contributed by atoms with van der Waals surface area (Å²) < 4.78 is 5.10. The van der Waals surface area contributed by atoms with Crippen LogP contribution in [0.2, 0.25) is 0 Å². The fourth-order valence-corrected chi connectivity index (χ4v) is 2.02. The first-order valence-electron chi connectivity index (χ1n) is 5.09. The molecule has 0 unspecified atom stereocenters. The van der Waals surface area contributed by atoms with Crippen LogP contribution in [0.1, 0.15) is 11.5 Å². The minimum Gasteiger partial charge on any atom is -0.497 e.